The Hall–Kier alpha value is -0.860. The average molecular weight is 249 g/mol. The zero-order valence-electron chi connectivity index (χ0n) is 12.2. The zero-order chi connectivity index (χ0) is 13.4. The summed E-state index contributed by atoms with van der Waals surface area (Å²) in [6, 6.07) is 8.90. The monoisotopic (exact) mass is 249 g/mol. The predicted molar refractivity (Wildman–Crippen MR) is 77.9 cm³/mol. The van der Waals surface area contributed by atoms with Crippen molar-refractivity contribution < 1.29 is 4.74 Å². The van der Waals surface area contributed by atoms with Crippen molar-refractivity contribution in [3.05, 3.63) is 35.4 Å². The minimum Gasteiger partial charge on any atom is -0.379 e. The van der Waals surface area contributed by atoms with Crippen molar-refractivity contribution in [1.29, 1.82) is 0 Å². The van der Waals surface area contributed by atoms with Gasteiger partial charge >= 0.3 is 0 Å². The number of nitrogens with one attached hydrogen (secondary N) is 1. The molecule has 0 radical (unpaired) electrons. The van der Waals surface area contributed by atoms with Gasteiger partial charge in [0.15, 0.2) is 0 Å². The van der Waals surface area contributed by atoms with Crippen molar-refractivity contribution in [2.24, 2.45) is 5.92 Å². The predicted octanol–water partition coefficient (Wildman–Crippen LogP) is 3.71. The van der Waals surface area contributed by atoms with Gasteiger partial charge in [-0.25, -0.2) is 0 Å². The fourth-order valence-electron chi connectivity index (χ4n) is 2.20. The molecule has 0 saturated heterocycles. The smallest absolute Gasteiger partial charge is 0.0661 e. The van der Waals surface area contributed by atoms with Crippen LogP contribution in [0.5, 0.6) is 0 Å². The highest BCUT2D eigenvalue weighted by Crippen LogP contribution is 2.15. The van der Waals surface area contributed by atoms with Crippen molar-refractivity contribution in [3.63, 3.8) is 0 Å². The maximum Gasteiger partial charge on any atom is 0.0661 e. The first kappa shape index (κ1) is 15.2. The fraction of sp³-hybridized carbons (Fsp3) is 0.625. The van der Waals surface area contributed by atoms with E-state index >= 15 is 0 Å². The molecule has 0 heterocycles. The molecular formula is C16H27NO. The summed E-state index contributed by atoms with van der Waals surface area (Å²) in [6.45, 7) is 8.20. The van der Waals surface area contributed by atoms with E-state index in [2.05, 4.69) is 50.4 Å². The number of rotatable bonds is 8. The van der Waals surface area contributed by atoms with Crippen LogP contribution in [0.1, 0.15) is 43.9 Å². The molecule has 102 valence electrons. The third-order valence-electron chi connectivity index (χ3n) is 3.26. The van der Waals surface area contributed by atoms with Gasteiger partial charge in [0.25, 0.3) is 0 Å². The molecule has 0 aliphatic rings. The molecule has 18 heavy (non-hydrogen) atoms. The van der Waals surface area contributed by atoms with Crippen LogP contribution < -0.4 is 5.32 Å². The van der Waals surface area contributed by atoms with Crippen molar-refractivity contribution >= 4 is 0 Å². The van der Waals surface area contributed by atoms with Crippen LogP contribution in [0.4, 0.5) is 0 Å². The molecule has 0 aliphatic heterocycles. The number of hydrogen-bond acceptors (Lipinski definition) is 2. The maximum absolute atomic E-state index is 5.83. The molecule has 0 saturated carbocycles. The van der Waals surface area contributed by atoms with E-state index in [0.29, 0.717) is 12.0 Å². The minimum absolute atomic E-state index is 0.290. The molecule has 0 amide bonds. The van der Waals surface area contributed by atoms with Crippen molar-refractivity contribution in [3.8, 4) is 0 Å². The van der Waals surface area contributed by atoms with Gasteiger partial charge in [-0.05, 0) is 31.9 Å². The molecule has 2 nitrogen and oxygen atoms in total. The Morgan fingerprint density at radius 2 is 2.06 bits per heavy atom. The first-order valence-corrected chi connectivity index (χ1v) is 6.99. The van der Waals surface area contributed by atoms with E-state index in [1.54, 1.807) is 0 Å². The van der Waals surface area contributed by atoms with Crippen molar-refractivity contribution in [1.82, 2.24) is 5.32 Å². The lowest BCUT2D eigenvalue weighted by atomic mass is 10.0. The number of likely N-dealkylation sites (N-methyl/N-ethyl adjacent to an activating group) is 1. The molecule has 1 rings (SSSR count). The lowest BCUT2D eigenvalue weighted by molar-refractivity contribution is 0.0848. The molecule has 1 N–H and O–H groups in total. The average Bonchev–Trinajstić information content (AvgIpc) is 2.35. The molecule has 1 aromatic rings. The fourth-order valence-corrected chi connectivity index (χ4v) is 2.20. The van der Waals surface area contributed by atoms with Crippen LogP contribution >= 0.6 is 0 Å². The molecule has 2 atom stereocenters. The topological polar surface area (TPSA) is 21.3 Å². The molecule has 0 aliphatic carbocycles. The minimum atomic E-state index is 0.290. The second-order valence-electron chi connectivity index (χ2n) is 5.19. The van der Waals surface area contributed by atoms with E-state index in [1.165, 1.54) is 24.0 Å². The molecular weight excluding hydrogens is 222 g/mol. The van der Waals surface area contributed by atoms with Gasteiger partial charge in [-0.2, -0.15) is 0 Å². The molecule has 0 aromatic heterocycles. The summed E-state index contributed by atoms with van der Waals surface area (Å²) in [5.41, 5.74) is 2.60. The Bertz CT molecular complexity index is 338. The summed E-state index contributed by atoms with van der Waals surface area (Å²) >= 11 is 0. The zero-order valence-corrected chi connectivity index (χ0v) is 12.2. The van der Waals surface area contributed by atoms with Gasteiger partial charge in [0.2, 0.25) is 0 Å². The first-order valence-electron chi connectivity index (χ1n) is 6.99. The normalized spacial score (nSPS) is 14.4. The van der Waals surface area contributed by atoms with Crippen molar-refractivity contribution in [2.45, 2.75) is 39.7 Å². The van der Waals surface area contributed by atoms with Crippen LogP contribution in [-0.4, -0.2) is 20.3 Å². The highest BCUT2D eigenvalue weighted by atomic mass is 16.5. The van der Waals surface area contributed by atoms with Gasteiger partial charge in [-0.1, -0.05) is 50.1 Å². The quantitative estimate of drug-likeness (QED) is 0.758. The van der Waals surface area contributed by atoms with Gasteiger partial charge in [0.05, 0.1) is 12.6 Å². The van der Waals surface area contributed by atoms with Gasteiger partial charge in [-0.15, -0.1) is 0 Å². The van der Waals surface area contributed by atoms with Gasteiger partial charge in [0.1, 0.15) is 0 Å². The third-order valence-corrected chi connectivity index (χ3v) is 3.26. The summed E-state index contributed by atoms with van der Waals surface area (Å²) in [7, 11) is 1.99. The largest absolute Gasteiger partial charge is 0.379 e. The Morgan fingerprint density at radius 1 is 1.28 bits per heavy atom. The standard InChI is InChI=1S/C16H27NO/c1-5-7-14(3)11-18-12-16(17-4)15-9-6-8-13(2)10-15/h6,8-10,14,16-17H,5,7,11-12H2,1-4H3. The van der Waals surface area contributed by atoms with E-state index in [-0.39, 0.29) is 0 Å². The Kier molecular flexibility index (Phi) is 6.99. The van der Waals surface area contributed by atoms with E-state index in [1.807, 2.05) is 7.05 Å². The summed E-state index contributed by atoms with van der Waals surface area (Å²) in [4.78, 5) is 0. The van der Waals surface area contributed by atoms with E-state index < -0.39 is 0 Å². The number of ether oxygens (including phenoxy) is 1. The molecule has 0 bridgehead atoms. The number of benzene rings is 1. The highest BCUT2D eigenvalue weighted by molar-refractivity contribution is 5.25. The number of aryl methyl sites for hydroxylation is 1. The lowest BCUT2D eigenvalue weighted by Crippen LogP contribution is -2.23. The van der Waals surface area contributed by atoms with Crippen LogP contribution in [-0.2, 0) is 4.74 Å². The van der Waals surface area contributed by atoms with Crippen LogP contribution in [0, 0.1) is 12.8 Å². The first-order chi connectivity index (χ1) is 8.67. The molecule has 2 unspecified atom stereocenters. The molecule has 1 aromatic carbocycles. The second kappa shape index (κ2) is 8.28. The van der Waals surface area contributed by atoms with Crippen molar-refractivity contribution in [2.75, 3.05) is 20.3 Å². The molecule has 0 spiro atoms. The highest BCUT2D eigenvalue weighted by Gasteiger charge is 2.10. The summed E-state index contributed by atoms with van der Waals surface area (Å²) in [5, 5.41) is 3.33. The molecule has 2 heteroatoms. The Balaban J connectivity index is 2.43. The van der Waals surface area contributed by atoms with Crippen LogP contribution in [0.2, 0.25) is 0 Å². The van der Waals surface area contributed by atoms with Gasteiger partial charge < -0.3 is 10.1 Å². The Morgan fingerprint density at radius 3 is 2.67 bits per heavy atom. The van der Waals surface area contributed by atoms with Gasteiger partial charge in [0, 0.05) is 6.61 Å². The van der Waals surface area contributed by atoms with E-state index in [0.717, 1.165) is 13.2 Å². The SMILES string of the molecule is CCCC(C)COCC(NC)c1cccc(C)c1. The number of hydrogen-bond donors (Lipinski definition) is 1. The van der Waals surface area contributed by atoms with E-state index in [9.17, 15) is 0 Å². The van der Waals surface area contributed by atoms with Crippen LogP contribution in [0.25, 0.3) is 0 Å². The summed E-state index contributed by atoms with van der Waals surface area (Å²) in [5.74, 6) is 0.657. The van der Waals surface area contributed by atoms with Gasteiger partial charge in [-0.3, -0.25) is 0 Å². The lowest BCUT2D eigenvalue weighted by Gasteiger charge is -2.19. The van der Waals surface area contributed by atoms with E-state index in [4.69, 9.17) is 4.74 Å². The maximum atomic E-state index is 5.83. The van der Waals surface area contributed by atoms with Crippen LogP contribution in [0.15, 0.2) is 24.3 Å². The Labute approximate surface area is 112 Å². The third kappa shape index (κ3) is 5.19. The summed E-state index contributed by atoms with van der Waals surface area (Å²) < 4.78 is 5.83. The molecule has 0 fully saturated rings. The van der Waals surface area contributed by atoms with Crippen LogP contribution in [0.3, 0.4) is 0 Å². The summed E-state index contributed by atoms with van der Waals surface area (Å²) in [6.07, 6.45) is 2.48. The second-order valence-corrected chi connectivity index (χ2v) is 5.19.